The lowest BCUT2D eigenvalue weighted by molar-refractivity contribution is 0.0827. The highest BCUT2D eigenvalue weighted by atomic mass is 32.1. The van der Waals surface area contributed by atoms with E-state index in [0.29, 0.717) is 10.7 Å². The first-order chi connectivity index (χ1) is 12.3. The average Bonchev–Trinajstić information content (AvgIpc) is 2.60. The van der Waals surface area contributed by atoms with Gasteiger partial charge in [-0.15, -0.1) is 0 Å². The van der Waals surface area contributed by atoms with Gasteiger partial charge in [0.25, 0.3) is 5.91 Å². The summed E-state index contributed by atoms with van der Waals surface area (Å²) in [5, 5.41) is 7.16. The van der Waals surface area contributed by atoms with Gasteiger partial charge >= 0.3 is 0 Å². The number of carbonyl (C=O) groups excluding carboxylic acids is 1. The van der Waals surface area contributed by atoms with Gasteiger partial charge in [-0.2, -0.15) is 0 Å². The van der Waals surface area contributed by atoms with E-state index < -0.39 is 0 Å². The molecule has 2 aromatic rings. The first-order valence-corrected chi connectivity index (χ1v) is 9.19. The minimum Gasteiger partial charge on any atom is -0.356 e. The third-order valence-corrected chi connectivity index (χ3v) is 4.53. The second-order valence-electron chi connectivity index (χ2n) is 6.70. The fourth-order valence-corrected chi connectivity index (χ4v) is 3.16. The summed E-state index contributed by atoms with van der Waals surface area (Å²) >= 11 is 5.48. The Morgan fingerprint density at radius 3 is 2.31 bits per heavy atom. The molecule has 1 atom stereocenters. The first-order valence-electron chi connectivity index (χ1n) is 8.78. The van der Waals surface area contributed by atoms with Crippen LogP contribution < -0.4 is 10.6 Å². The minimum atomic E-state index is -0.0156. The van der Waals surface area contributed by atoms with E-state index in [1.807, 2.05) is 12.1 Å². The molecule has 0 heterocycles. The maximum atomic E-state index is 11.9. The van der Waals surface area contributed by atoms with Gasteiger partial charge in [-0.05, 0) is 67.9 Å². The Bertz CT molecular complexity index is 784. The summed E-state index contributed by atoms with van der Waals surface area (Å²) in [6.07, 6.45) is 0.933. The lowest BCUT2D eigenvalue weighted by atomic mass is 9.98. The normalized spacial score (nSPS) is 11.6. The SMILES string of the molecule is CC[C@H](NC(=S)Nc1ccc(C(=O)N(C)C)cc1)c1ccc(C)cc1C. The number of hydrogen-bond donors (Lipinski definition) is 2. The van der Waals surface area contributed by atoms with E-state index in [1.165, 1.54) is 16.7 Å². The molecule has 1 amide bonds. The van der Waals surface area contributed by atoms with Gasteiger partial charge in [0.1, 0.15) is 0 Å². The van der Waals surface area contributed by atoms with E-state index in [4.69, 9.17) is 12.2 Å². The van der Waals surface area contributed by atoms with Gasteiger partial charge in [-0.3, -0.25) is 4.79 Å². The van der Waals surface area contributed by atoms with Gasteiger partial charge in [-0.1, -0.05) is 30.7 Å². The molecular formula is C21H27N3OS. The van der Waals surface area contributed by atoms with E-state index in [9.17, 15) is 4.79 Å². The molecule has 0 aliphatic carbocycles. The van der Waals surface area contributed by atoms with Gasteiger partial charge in [-0.25, -0.2) is 0 Å². The van der Waals surface area contributed by atoms with Crippen molar-refractivity contribution in [3.8, 4) is 0 Å². The molecule has 2 aromatic carbocycles. The summed E-state index contributed by atoms with van der Waals surface area (Å²) in [7, 11) is 3.48. The molecule has 0 spiro atoms. The number of aryl methyl sites for hydroxylation is 2. The summed E-state index contributed by atoms with van der Waals surface area (Å²) in [6.45, 7) is 6.37. The van der Waals surface area contributed by atoms with Crippen molar-refractivity contribution in [2.75, 3.05) is 19.4 Å². The zero-order valence-corrected chi connectivity index (χ0v) is 16.9. The number of anilines is 1. The summed E-state index contributed by atoms with van der Waals surface area (Å²) in [5.74, 6) is -0.0156. The van der Waals surface area contributed by atoms with Crippen molar-refractivity contribution in [2.45, 2.75) is 33.2 Å². The Kier molecular flexibility index (Phi) is 6.75. The highest BCUT2D eigenvalue weighted by Crippen LogP contribution is 2.22. The van der Waals surface area contributed by atoms with Crippen LogP contribution in [0.5, 0.6) is 0 Å². The van der Waals surface area contributed by atoms with E-state index in [1.54, 1.807) is 31.1 Å². The third-order valence-electron chi connectivity index (χ3n) is 4.31. The fraction of sp³-hybridized carbons (Fsp3) is 0.333. The number of hydrogen-bond acceptors (Lipinski definition) is 2. The first kappa shape index (κ1) is 19.9. The van der Waals surface area contributed by atoms with Crippen molar-refractivity contribution >= 4 is 28.9 Å². The molecule has 0 saturated carbocycles. The number of thiocarbonyl (C=S) groups is 1. The van der Waals surface area contributed by atoms with Crippen LogP contribution in [0.2, 0.25) is 0 Å². The van der Waals surface area contributed by atoms with Crippen molar-refractivity contribution in [2.24, 2.45) is 0 Å². The molecule has 26 heavy (non-hydrogen) atoms. The van der Waals surface area contributed by atoms with E-state index in [2.05, 4.69) is 49.6 Å². The van der Waals surface area contributed by atoms with Crippen LogP contribution in [0.25, 0.3) is 0 Å². The molecule has 0 radical (unpaired) electrons. The molecule has 4 nitrogen and oxygen atoms in total. The Labute approximate surface area is 161 Å². The highest BCUT2D eigenvalue weighted by Gasteiger charge is 2.13. The van der Waals surface area contributed by atoms with Crippen LogP contribution in [-0.4, -0.2) is 30.0 Å². The third kappa shape index (κ3) is 5.05. The molecular weight excluding hydrogens is 342 g/mol. The second kappa shape index (κ2) is 8.81. The van der Waals surface area contributed by atoms with Gasteiger partial charge in [0, 0.05) is 25.3 Å². The maximum Gasteiger partial charge on any atom is 0.253 e. The molecule has 138 valence electrons. The van der Waals surface area contributed by atoms with Crippen molar-refractivity contribution in [3.05, 3.63) is 64.7 Å². The molecule has 0 aliphatic heterocycles. The number of rotatable bonds is 5. The molecule has 0 saturated heterocycles. The van der Waals surface area contributed by atoms with Crippen molar-refractivity contribution in [1.29, 1.82) is 0 Å². The quantitative estimate of drug-likeness (QED) is 0.765. The van der Waals surface area contributed by atoms with Gasteiger partial charge in [0.2, 0.25) is 0 Å². The second-order valence-corrected chi connectivity index (χ2v) is 7.10. The molecule has 0 aromatic heterocycles. The van der Waals surface area contributed by atoms with Crippen molar-refractivity contribution in [3.63, 3.8) is 0 Å². The molecule has 0 unspecified atom stereocenters. The Morgan fingerprint density at radius 2 is 1.77 bits per heavy atom. The molecule has 2 rings (SSSR count). The predicted octanol–water partition coefficient (Wildman–Crippen LogP) is 4.44. The smallest absolute Gasteiger partial charge is 0.253 e. The Hall–Kier alpha value is -2.40. The molecule has 2 N–H and O–H groups in total. The molecule has 0 fully saturated rings. The summed E-state index contributed by atoms with van der Waals surface area (Å²) in [5.41, 5.74) is 5.29. The van der Waals surface area contributed by atoms with Crippen LogP contribution in [0.4, 0.5) is 5.69 Å². The van der Waals surface area contributed by atoms with Crippen LogP contribution in [-0.2, 0) is 0 Å². The lowest BCUT2D eigenvalue weighted by Gasteiger charge is -2.22. The van der Waals surface area contributed by atoms with Crippen molar-refractivity contribution < 1.29 is 4.79 Å². The highest BCUT2D eigenvalue weighted by molar-refractivity contribution is 7.80. The zero-order valence-electron chi connectivity index (χ0n) is 16.1. The average molecular weight is 370 g/mol. The molecule has 5 heteroatoms. The molecule has 0 aliphatic rings. The minimum absolute atomic E-state index is 0.0156. The number of benzene rings is 2. The monoisotopic (exact) mass is 369 g/mol. The topological polar surface area (TPSA) is 44.4 Å². The number of nitrogens with zero attached hydrogens (tertiary/aromatic N) is 1. The van der Waals surface area contributed by atoms with E-state index in [0.717, 1.165) is 12.1 Å². The summed E-state index contributed by atoms with van der Waals surface area (Å²) in [4.78, 5) is 13.5. The predicted molar refractivity (Wildman–Crippen MR) is 113 cm³/mol. The van der Waals surface area contributed by atoms with Gasteiger partial charge in [0.05, 0.1) is 6.04 Å². The summed E-state index contributed by atoms with van der Waals surface area (Å²) in [6, 6.07) is 14.0. The van der Waals surface area contributed by atoms with Crippen LogP contribution in [0.3, 0.4) is 0 Å². The van der Waals surface area contributed by atoms with Crippen LogP contribution in [0, 0.1) is 13.8 Å². The number of amides is 1. The van der Waals surface area contributed by atoms with Gasteiger partial charge in [0.15, 0.2) is 5.11 Å². The standard InChI is InChI=1S/C21H27N3OS/c1-6-19(18-12-7-14(2)13-15(18)3)23-21(26)22-17-10-8-16(9-11-17)20(25)24(4)5/h7-13,19H,6H2,1-5H3,(H2,22,23,26)/t19-/m0/s1. The fourth-order valence-electron chi connectivity index (χ4n) is 2.90. The number of carbonyl (C=O) groups is 1. The van der Waals surface area contributed by atoms with Gasteiger partial charge < -0.3 is 15.5 Å². The zero-order chi connectivity index (χ0) is 19.3. The van der Waals surface area contributed by atoms with Crippen LogP contribution >= 0.6 is 12.2 Å². The molecule has 0 bridgehead atoms. The van der Waals surface area contributed by atoms with E-state index >= 15 is 0 Å². The lowest BCUT2D eigenvalue weighted by Crippen LogP contribution is -2.32. The Morgan fingerprint density at radius 1 is 1.12 bits per heavy atom. The van der Waals surface area contributed by atoms with Crippen LogP contribution in [0.15, 0.2) is 42.5 Å². The number of nitrogens with one attached hydrogen (secondary N) is 2. The van der Waals surface area contributed by atoms with Crippen molar-refractivity contribution in [1.82, 2.24) is 10.2 Å². The van der Waals surface area contributed by atoms with Crippen LogP contribution in [0.1, 0.15) is 46.4 Å². The summed E-state index contributed by atoms with van der Waals surface area (Å²) < 4.78 is 0. The largest absolute Gasteiger partial charge is 0.356 e. The van der Waals surface area contributed by atoms with E-state index in [-0.39, 0.29) is 11.9 Å². The maximum absolute atomic E-state index is 11.9. The Balaban J connectivity index is 2.03.